The van der Waals surface area contributed by atoms with Gasteiger partial charge in [0.05, 0.1) is 5.56 Å². The number of hydrogen-bond donors (Lipinski definition) is 2. The zero-order valence-electron chi connectivity index (χ0n) is 11.3. The predicted octanol–water partition coefficient (Wildman–Crippen LogP) is 2.54. The summed E-state index contributed by atoms with van der Waals surface area (Å²) in [4.78, 5) is 11.9. The van der Waals surface area contributed by atoms with Crippen molar-refractivity contribution in [3.05, 3.63) is 29.8 Å². The van der Waals surface area contributed by atoms with Crippen molar-refractivity contribution in [3.8, 4) is 5.75 Å². The number of ether oxygens (including phenoxy) is 1. The number of halogens is 2. The number of benzene rings is 1. The monoisotopic (exact) mass is 286 g/mol. The molecule has 0 aliphatic rings. The van der Waals surface area contributed by atoms with E-state index in [1.807, 2.05) is 0 Å². The summed E-state index contributed by atoms with van der Waals surface area (Å²) in [6, 6.07) is 5.96. The van der Waals surface area contributed by atoms with Gasteiger partial charge in [0.25, 0.3) is 5.91 Å². The van der Waals surface area contributed by atoms with Crippen LogP contribution in [-0.4, -0.2) is 25.6 Å². The van der Waals surface area contributed by atoms with Gasteiger partial charge >= 0.3 is 6.61 Å². The average molecular weight is 286 g/mol. The maximum Gasteiger partial charge on any atom is 0.387 e. The summed E-state index contributed by atoms with van der Waals surface area (Å²) in [5, 5.41) is 2.69. The van der Waals surface area contributed by atoms with Gasteiger partial charge in [-0.2, -0.15) is 8.78 Å². The highest BCUT2D eigenvalue weighted by atomic mass is 19.3. The van der Waals surface area contributed by atoms with Gasteiger partial charge in [-0.15, -0.1) is 0 Å². The number of hydrogen-bond acceptors (Lipinski definition) is 3. The summed E-state index contributed by atoms with van der Waals surface area (Å²) >= 11 is 0. The van der Waals surface area contributed by atoms with Crippen LogP contribution in [0, 0.1) is 0 Å². The van der Waals surface area contributed by atoms with Crippen LogP contribution in [0.3, 0.4) is 0 Å². The number of rotatable bonds is 9. The number of amides is 1. The van der Waals surface area contributed by atoms with E-state index in [2.05, 4.69) is 10.1 Å². The smallest absolute Gasteiger partial charge is 0.387 e. The molecule has 0 atom stereocenters. The van der Waals surface area contributed by atoms with Crippen LogP contribution in [0.2, 0.25) is 0 Å². The Kier molecular flexibility index (Phi) is 7.57. The Hall–Kier alpha value is -1.69. The van der Waals surface area contributed by atoms with Gasteiger partial charge in [-0.3, -0.25) is 4.79 Å². The molecule has 0 aliphatic carbocycles. The van der Waals surface area contributed by atoms with E-state index < -0.39 is 12.5 Å². The summed E-state index contributed by atoms with van der Waals surface area (Å²) < 4.78 is 28.8. The Morgan fingerprint density at radius 3 is 2.60 bits per heavy atom. The van der Waals surface area contributed by atoms with Gasteiger partial charge in [-0.25, -0.2) is 0 Å². The van der Waals surface area contributed by atoms with Gasteiger partial charge in [0.2, 0.25) is 0 Å². The Morgan fingerprint density at radius 1 is 1.20 bits per heavy atom. The zero-order valence-corrected chi connectivity index (χ0v) is 11.3. The lowest BCUT2D eigenvalue weighted by Gasteiger charge is -2.10. The molecule has 1 rings (SSSR count). The van der Waals surface area contributed by atoms with Crippen molar-refractivity contribution in [1.82, 2.24) is 5.32 Å². The number of carbonyl (C=O) groups excluding carboxylic acids is 1. The average Bonchev–Trinajstić information content (AvgIpc) is 2.42. The first kappa shape index (κ1) is 16.4. The van der Waals surface area contributed by atoms with E-state index in [4.69, 9.17) is 5.73 Å². The lowest BCUT2D eigenvalue weighted by Crippen LogP contribution is -2.25. The summed E-state index contributed by atoms with van der Waals surface area (Å²) in [5.41, 5.74) is 5.50. The fourth-order valence-corrected chi connectivity index (χ4v) is 1.77. The van der Waals surface area contributed by atoms with Crippen molar-refractivity contribution in [2.75, 3.05) is 13.1 Å². The minimum atomic E-state index is -2.94. The van der Waals surface area contributed by atoms with E-state index in [-0.39, 0.29) is 11.3 Å². The van der Waals surface area contributed by atoms with Gasteiger partial charge < -0.3 is 15.8 Å². The molecule has 6 heteroatoms. The van der Waals surface area contributed by atoms with Crippen LogP contribution in [0.25, 0.3) is 0 Å². The summed E-state index contributed by atoms with van der Waals surface area (Å²) in [7, 11) is 0. The number of unbranched alkanes of at least 4 members (excludes halogenated alkanes) is 3. The Labute approximate surface area is 117 Å². The van der Waals surface area contributed by atoms with Crippen molar-refractivity contribution in [2.45, 2.75) is 32.3 Å². The van der Waals surface area contributed by atoms with Crippen LogP contribution in [-0.2, 0) is 0 Å². The molecular formula is C14H20F2N2O2. The highest BCUT2D eigenvalue weighted by molar-refractivity contribution is 5.96. The number of nitrogens with two attached hydrogens (primary N) is 1. The van der Waals surface area contributed by atoms with Crippen molar-refractivity contribution in [3.63, 3.8) is 0 Å². The number of para-hydroxylation sites is 1. The van der Waals surface area contributed by atoms with E-state index in [0.29, 0.717) is 13.1 Å². The quantitative estimate of drug-likeness (QED) is 0.686. The van der Waals surface area contributed by atoms with E-state index in [1.54, 1.807) is 12.1 Å². The lowest BCUT2D eigenvalue weighted by atomic mass is 10.1. The third-order valence-corrected chi connectivity index (χ3v) is 2.76. The largest absolute Gasteiger partial charge is 0.434 e. The SMILES string of the molecule is NCCCCCCNC(=O)c1ccccc1OC(F)F. The molecule has 1 aromatic carbocycles. The molecule has 0 radical (unpaired) electrons. The van der Waals surface area contributed by atoms with Crippen molar-refractivity contribution in [2.24, 2.45) is 5.73 Å². The molecule has 0 unspecified atom stereocenters. The molecule has 0 heterocycles. The van der Waals surface area contributed by atoms with E-state index in [1.165, 1.54) is 12.1 Å². The fraction of sp³-hybridized carbons (Fsp3) is 0.500. The van der Waals surface area contributed by atoms with E-state index >= 15 is 0 Å². The first-order chi connectivity index (χ1) is 9.65. The standard InChI is InChI=1S/C14H20F2N2O2/c15-14(16)20-12-8-4-3-7-11(12)13(19)18-10-6-2-1-5-9-17/h3-4,7-8,14H,1-2,5-6,9-10,17H2,(H,18,19). The minimum absolute atomic E-state index is 0.108. The third-order valence-electron chi connectivity index (χ3n) is 2.76. The molecule has 1 amide bonds. The van der Waals surface area contributed by atoms with Crippen LogP contribution in [0.4, 0.5) is 8.78 Å². The van der Waals surface area contributed by atoms with Crippen molar-refractivity contribution in [1.29, 1.82) is 0 Å². The topological polar surface area (TPSA) is 64.3 Å². The third kappa shape index (κ3) is 5.97. The van der Waals surface area contributed by atoms with Gasteiger partial charge in [-0.1, -0.05) is 25.0 Å². The zero-order chi connectivity index (χ0) is 14.8. The first-order valence-corrected chi connectivity index (χ1v) is 6.67. The van der Waals surface area contributed by atoms with Gasteiger partial charge in [-0.05, 0) is 31.5 Å². The normalized spacial score (nSPS) is 10.6. The molecule has 4 nitrogen and oxygen atoms in total. The second kappa shape index (κ2) is 9.25. The van der Waals surface area contributed by atoms with Gasteiger partial charge in [0, 0.05) is 6.54 Å². The Morgan fingerprint density at radius 2 is 1.90 bits per heavy atom. The Bertz CT molecular complexity index is 414. The van der Waals surface area contributed by atoms with Crippen molar-refractivity contribution < 1.29 is 18.3 Å². The second-order valence-electron chi connectivity index (χ2n) is 4.33. The Balaban J connectivity index is 2.43. The summed E-state index contributed by atoms with van der Waals surface area (Å²) in [6.07, 6.45) is 3.81. The van der Waals surface area contributed by atoms with E-state index in [9.17, 15) is 13.6 Å². The summed E-state index contributed by atoms with van der Waals surface area (Å²) in [6.45, 7) is -1.77. The molecule has 0 aliphatic heterocycles. The van der Waals surface area contributed by atoms with E-state index in [0.717, 1.165) is 25.7 Å². The maximum absolute atomic E-state index is 12.2. The van der Waals surface area contributed by atoms with Gasteiger partial charge in [0.15, 0.2) is 0 Å². The predicted molar refractivity (Wildman–Crippen MR) is 72.9 cm³/mol. The van der Waals surface area contributed by atoms with Crippen LogP contribution < -0.4 is 15.8 Å². The first-order valence-electron chi connectivity index (χ1n) is 6.67. The number of nitrogens with one attached hydrogen (secondary N) is 1. The number of alkyl halides is 2. The van der Waals surface area contributed by atoms with Crippen LogP contribution >= 0.6 is 0 Å². The molecule has 3 N–H and O–H groups in total. The molecule has 1 aromatic rings. The molecule has 0 saturated carbocycles. The molecule has 0 aromatic heterocycles. The molecule has 0 saturated heterocycles. The molecule has 0 fully saturated rings. The minimum Gasteiger partial charge on any atom is -0.434 e. The van der Waals surface area contributed by atoms with Crippen LogP contribution in [0.15, 0.2) is 24.3 Å². The number of carbonyl (C=O) groups is 1. The molecule has 0 spiro atoms. The highest BCUT2D eigenvalue weighted by Crippen LogP contribution is 2.19. The van der Waals surface area contributed by atoms with Crippen LogP contribution in [0.1, 0.15) is 36.0 Å². The molecular weight excluding hydrogens is 266 g/mol. The molecule has 0 bridgehead atoms. The van der Waals surface area contributed by atoms with Crippen LogP contribution in [0.5, 0.6) is 5.75 Å². The molecule has 112 valence electrons. The fourth-order valence-electron chi connectivity index (χ4n) is 1.77. The van der Waals surface area contributed by atoms with Crippen molar-refractivity contribution >= 4 is 5.91 Å². The highest BCUT2D eigenvalue weighted by Gasteiger charge is 2.14. The lowest BCUT2D eigenvalue weighted by molar-refractivity contribution is -0.0501. The summed E-state index contributed by atoms with van der Waals surface area (Å²) in [5.74, 6) is -0.511. The second-order valence-corrected chi connectivity index (χ2v) is 4.33. The van der Waals surface area contributed by atoms with Gasteiger partial charge in [0.1, 0.15) is 5.75 Å². The molecule has 20 heavy (non-hydrogen) atoms. The maximum atomic E-state index is 12.2.